The number of hydrogen-bond donors (Lipinski definition) is 0. The molecule has 2 aromatic rings. The third kappa shape index (κ3) is 2.56. The molecular weight excluding hydrogens is 286 g/mol. The summed E-state index contributed by atoms with van der Waals surface area (Å²) in [6.45, 7) is 4.79. The first-order chi connectivity index (χ1) is 9.98. The van der Waals surface area contributed by atoms with Gasteiger partial charge in [-0.2, -0.15) is 0 Å². The Morgan fingerprint density at radius 1 is 0.810 bits per heavy atom. The van der Waals surface area contributed by atoms with E-state index < -0.39 is 7.75 Å². The van der Waals surface area contributed by atoms with Crippen LogP contribution in [0.25, 0.3) is 0 Å². The van der Waals surface area contributed by atoms with Crippen LogP contribution in [0.3, 0.4) is 0 Å². The summed E-state index contributed by atoms with van der Waals surface area (Å²) >= 11 is 0. The topological polar surface area (TPSA) is 23.6 Å². The SMILES string of the molecule is Cc1ccc(N2CCN(c3ccc(C)cc3)P2(=O)F)cc1. The monoisotopic (exact) mass is 304 g/mol. The van der Waals surface area contributed by atoms with Crippen molar-refractivity contribution in [2.75, 3.05) is 22.4 Å². The van der Waals surface area contributed by atoms with Gasteiger partial charge in [-0.05, 0) is 38.1 Å². The standard InChI is InChI=1S/C16H18FN2OP/c1-13-3-7-15(8-4-13)18-11-12-19(21(18,17)20)16-9-5-14(2)6-10-16/h3-10H,11-12H2,1-2H3. The van der Waals surface area contributed by atoms with Gasteiger partial charge >= 0.3 is 7.75 Å². The van der Waals surface area contributed by atoms with E-state index in [0.717, 1.165) is 11.1 Å². The van der Waals surface area contributed by atoms with Crippen molar-refractivity contribution in [3.63, 3.8) is 0 Å². The number of nitrogens with zero attached hydrogens (tertiary/aromatic N) is 2. The molecule has 3 rings (SSSR count). The van der Waals surface area contributed by atoms with Crippen molar-refractivity contribution in [2.45, 2.75) is 13.8 Å². The van der Waals surface area contributed by atoms with Crippen molar-refractivity contribution < 1.29 is 8.76 Å². The second-order valence-corrected chi connectivity index (χ2v) is 7.30. The molecule has 0 atom stereocenters. The van der Waals surface area contributed by atoms with Gasteiger partial charge in [-0.25, -0.2) is 4.57 Å². The zero-order valence-electron chi connectivity index (χ0n) is 12.2. The Kier molecular flexibility index (Phi) is 3.50. The van der Waals surface area contributed by atoms with Gasteiger partial charge in [0.1, 0.15) is 0 Å². The van der Waals surface area contributed by atoms with Crippen LogP contribution in [-0.2, 0) is 4.57 Å². The van der Waals surface area contributed by atoms with E-state index in [1.54, 1.807) is 0 Å². The van der Waals surface area contributed by atoms with Crippen LogP contribution in [0, 0.1) is 13.8 Å². The first-order valence-corrected chi connectivity index (χ1v) is 8.48. The summed E-state index contributed by atoms with van der Waals surface area (Å²) in [4.78, 5) is 0. The van der Waals surface area contributed by atoms with Crippen LogP contribution in [0.5, 0.6) is 0 Å². The molecule has 1 saturated heterocycles. The summed E-state index contributed by atoms with van der Waals surface area (Å²) < 4.78 is 30.3. The molecule has 110 valence electrons. The minimum absolute atomic E-state index is 0.421. The van der Waals surface area contributed by atoms with E-state index in [4.69, 9.17) is 0 Å². The molecule has 0 amide bonds. The Morgan fingerprint density at radius 2 is 1.14 bits per heavy atom. The highest BCUT2D eigenvalue weighted by Gasteiger charge is 2.44. The predicted molar refractivity (Wildman–Crippen MR) is 85.8 cm³/mol. The number of rotatable bonds is 2. The minimum Gasteiger partial charge on any atom is -0.280 e. The zero-order valence-corrected chi connectivity index (χ0v) is 13.1. The molecule has 0 radical (unpaired) electrons. The van der Waals surface area contributed by atoms with Crippen molar-refractivity contribution >= 4 is 19.1 Å². The van der Waals surface area contributed by atoms with E-state index in [0.29, 0.717) is 24.5 Å². The molecule has 1 heterocycles. The second-order valence-electron chi connectivity index (χ2n) is 5.39. The van der Waals surface area contributed by atoms with Crippen molar-refractivity contribution in [1.82, 2.24) is 0 Å². The zero-order chi connectivity index (χ0) is 15.0. The quantitative estimate of drug-likeness (QED) is 0.751. The molecule has 0 saturated carbocycles. The first-order valence-electron chi connectivity index (χ1n) is 6.97. The highest BCUT2D eigenvalue weighted by Crippen LogP contribution is 2.61. The lowest BCUT2D eigenvalue weighted by atomic mass is 10.2. The Balaban J connectivity index is 1.92. The van der Waals surface area contributed by atoms with E-state index in [1.165, 1.54) is 9.34 Å². The van der Waals surface area contributed by atoms with Gasteiger partial charge < -0.3 is 0 Å². The molecule has 1 fully saturated rings. The van der Waals surface area contributed by atoms with Crippen molar-refractivity contribution in [3.05, 3.63) is 59.7 Å². The molecule has 0 N–H and O–H groups in total. The summed E-state index contributed by atoms with van der Waals surface area (Å²) in [5.74, 6) is 0. The Hall–Kier alpha value is -1.80. The number of anilines is 2. The van der Waals surface area contributed by atoms with Crippen LogP contribution in [-0.4, -0.2) is 13.1 Å². The van der Waals surface area contributed by atoms with Gasteiger partial charge in [0.15, 0.2) is 0 Å². The molecule has 0 aromatic heterocycles. The molecule has 0 bridgehead atoms. The first kappa shape index (κ1) is 14.2. The predicted octanol–water partition coefficient (Wildman–Crippen LogP) is 4.71. The lowest BCUT2D eigenvalue weighted by molar-refractivity contribution is 0.540. The van der Waals surface area contributed by atoms with E-state index in [9.17, 15) is 8.76 Å². The minimum atomic E-state index is -4.07. The van der Waals surface area contributed by atoms with Crippen molar-refractivity contribution in [1.29, 1.82) is 0 Å². The molecular formula is C16H18FN2OP. The van der Waals surface area contributed by atoms with Gasteiger partial charge in [-0.1, -0.05) is 35.4 Å². The van der Waals surface area contributed by atoms with Gasteiger partial charge in [0.2, 0.25) is 0 Å². The Labute approximate surface area is 124 Å². The smallest absolute Gasteiger partial charge is 0.280 e. The number of hydrogen-bond acceptors (Lipinski definition) is 1. The van der Waals surface area contributed by atoms with Crippen LogP contribution in [0.2, 0.25) is 0 Å². The number of halogens is 1. The van der Waals surface area contributed by atoms with Crippen LogP contribution in [0.15, 0.2) is 48.5 Å². The summed E-state index contributed by atoms with van der Waals surface area (Å²) in [5, 5.41) is 0. The Morgan fingerprint density at radius 3 is 1.48 bits per heavy atom. The molecule has 0 aliphatic carbocycles. The van der Waals surface area contributed by atoms with Crippen molar-refractivity contribution in [2.24, 2.45) is 0 Å². The fraction of sp³-hybridized carbons (Fsp3) is 0.250. The molecule has 21 heavy (non-hydrogen) atoms. The summed E-state index contributed by atoms with van der Waals surface area (Å²) in [6.07, 6.45) is 0. The van der Waals surface area contributed by atoms with Crippen LogP contribution in [0.4, 0.5) is 15.6 Å². The van der Waals surface area contributed by atoms with Gasteiger partial charge in [-0.15, -0.1) is 4.20 Å². The summed E-state index contributed by atoms with van der Waals surface area (Å²) in [6, 6.07) is 14.9. The molecule has 5 heteroatoms. The van der Waals surface area contributed by atoms with E-state index in [-0.39, 0.29) is 0 Å². The maximum absolute atomic E-state index is 14.9. The van der Waals surface area contributed by atoms with Crippen molar-refractivity contribution in [3.8, 4) is 0 Å². The van der Waals surface area contributed by atoms with Crippen LogP contribution in [0.1, 0.15) is 11.1 Å². The molecule has 0 spiro atoms. The maximum atomic E-state index is 14.9. The molecule has 1 aliphatic rings. The highest BCUT2D eigenvalue weighted by atomic mass is 31.2. The third-order valence-corrected chi connectivity index (χ3v) is 5.84. The normalized spacial score (nSPS) is 17.3. The fourth-order valence-corrected chi connectivity index (χ4v) is 4.31. The van der Waals surface area contributed by atoms with Crippen LogP contribution < -0.4 is 9.34 Å². The van der Waals surface area contributed by atoms with E-state index in [1.807, 2.05) is 62.4 Å². The van der Waals surface area contributed by atoms with Gasteiger partial charge in [0.25, 0.3) is 0 Å². The Bertz CT molecular complexity index is 627. The maximum Gasteiger partial charge on any atom is 0.434 e. The molecule has 1 aliphatic heterocycles. The summed E-state index contributed by atoms with van der Waals surface area (Å²) in [5.41, 5.74) is 3.53. The lowest BCUT2D eigenvalue weighted by Gasteiger charge is -2.25. The molecule has 0 unspecified atom stereocenters. The van der Waals surface area contributed by atoms with Gasteiger partial charge in [0.05, 0.1) is 0 Å². The number of benzene rings is 2. The number of aryl methyl sites for hydroxylation is 2. The van der Waals surface area contributed by atoms with Crippen LogP contribution >= 0.6 is 7.75 Å². The van der Waals surface area contributed by atoms with E-state index >= 15 is 0 Å². The van der Waals surface area contributed by atoms with Gasteiger partial charge in [0, 0.05) is 24.5 Å². The summed E-state index contributed by atoms with van der Waals surface area (Å²) in [7, 11) is -4.07. The molecule has 2 aromatic carbocycles. The fourth-order valence-electron chi connectivity index (χ4n) is 2.54. The third-order valence-electron chi connectivity index (χ3n) is 3.78. The van der Waals surface area contributed by atoms with Gasteiger partial charge in [-0.3, -0.25) is 9.34 Å². The largest absolute Gasteiger partial charge is 0.434 e. The molecule has 3 nitrogen and oxygen atoms in total. The average Bonchev–Trinajstić information content (AvgIpc) is 2.76. The second kappa shape index (κ2) is 5.19. The van der Waals surface area contributed by atoms with E-state index in [2.05, 4.69) is 0 Å². The lowest BCUT2D eigenvalue weighted by Crippen LogP contribution is -2.15. The average molecular weight is 304 g/mol. The highest BCUT2D eigenvalue weighted by molar-refractivity contribution is 7.62.